The minimum absolute atomic E-state index is 0.155. The second-order valence-electron chi connectivity index (χ2n) is 4.89. The number of hydrogen-bond acceptors (Lipinski definition) is 5. The topological polar surface area (TPSA) is 54.0 Å². The Balaban J connectivity index is 2.05. The van der Waals surface area contributed by atoms with E-state index < -0.39 is 0 Å². The summed E-state index contributed by atoms with van der Waals surface area (Å²) < 4.78 is 21.5. The molecule has 5 nitrogen and oxygen atoms in total. The first-order valence-electron chi connectivity index (χ1n) is 7.01. The molecule has 0 amide bonds. The number of hydrogen-bond donors (Lipinski definition) is 0. The molecule has 0 radical (unpaired) electrons. The summed E-state index contributed by atoms with van der Waals surface area (Å²) in [7, 11) is 4.65. The Bertz CT molecular complexity index is 792. The predicted octanol–water partition coefficient (Wildman–Crippen LogP) is 3.33. The molecule has 3 rings (SSSR count). The van der Waals surface area contributed by atoms with Gasteiger partial charge in [0.1, 0.15) is 11.5 Å². The number of methoxy groups -OCH3 is 3. The van der Waals surface area contributed by atoms with Crippen LogP contribution in [0.4, 0.5) is 0 Å². The van der Waals surface area contributed by atoms with Gasteiger partial charge in [0, 0.05) is 11.6 Å². The van der Waals surface area contributed by atoms with Gasteiger partial charge in [0.25, 0.3) is 0 Å². The van der Waals surface area contributed by atoms with Crippen molar-refractivity contribution in [1.82, 2.24) is 0 Å². The number of benzene rings is 2. The standard InChI is InChI=1S/C18H16O5/c1-20-14-10-16(22-3)15(21-2)8-11(14)9-17-18(19)12-6-4-5-7-13(12)23-17/h4-10H,1-3H3/b17-9-. The van der Waals surface area contributed by atoms with Crippen LogP contribution >= 0.6 is 0 Å². The molecule has 0 atom stereocenters. The number of carbonyl (C=O) groups excluding carboxylic acids is 1. The first kappa shape index (κ1) is 15.0. The summed E-state index contributed by atoms with van der Waals surface area (Å²) in [4.78, 5) is 12.4. The van der Waals surface area contributed by atoms with Gasteiger partial charge in [0.15, 0.2) is 17.3 Å². The fourth-order valence-electron chi connectivity index (χ4n) is 2.44. The van der Waals surface area contributed by atoms with Crippen molar-refractivity contribution < 1.29 is 23.7 Å². The lowest BCUT2D eigenvalue weighted by atomic mass is 10.1. The maximum Gasteiger partial charge on any atom is 0.231 e. The van der Waals surface area contributed by atoms with E-state index in [1.165, 1.54) is 0 Å². The molecule has 2 aromatic rings. The van der Waals surface area contributed by atoms with Crippen LogP contribution in [0.2, 0.25) is 0 Å². The zero-order valence-electron chi connectivity index (χ0n) is 13.1. The lowest BCUT2D eigenvalue weighted by Crippen LogP contribution is -2.00. The third-order valence-electron chi connectivity index (χ3n) is 3.60. The predicted molar refractivity (Wildman–Crippen MR) is 85.5 cm³/mol. The number of allylic oxidation sites excluding steroid dienone is 1. The summed E-state index contributed by atoms with van der Waals surface area (Å²) in [6.45, 7) is 0. The molecule has 1 aliphatic rings. The first-order valence-corrected chi connectivity index (χ1v) is 7.01. The highest BCUT2D eigenvalue weighted by molar-refractivity contribution is 6.14. The Morgan fingerprint density at radius 3 is 2.22 bits per heavy atom. The molecule has 1 heterocycles. The van der Waals surface area contributed by atoms with E-state index in [1.54, 1.807) is 57.7 Å². The van der Waals surface area contributed by atoms with E-state index in [2.05, 4.69) is 0 Å². The normalized spacial score (nSPS) is 14.4. The Morgan fingerprint density at radius 2 is 1.57 bits per heavy atom. The van der Waals surface area contributed by atoms with E-state index in [4.69, 9.17) is 18.9 Å². The summed E-state index contributed by atoms with van der Waals surface area (Å²) in [5.41, 5.74) is 1.22. The highest BCUT2D eigenvalue weighted by atomic mass is 16.5. The first-order chi connectivity index (χ1) is 11.2. The SMILES string of the molecule is COc1cc(OC)c(OC)cc1/C=C1\Oc2ccccc2C1=O. The quantitative estimate of drug-likeness (QED) is 0.811. The van der Waals surface area contributed by atoms with Crippen molar-refractivity contribution in [2.24, 2.45) is 0 Å². The van der Waals surface area contributed by atoms with Crippen LogP contribution in [0.3, 0.4) is 0 Å². The van der Waals surface area contributed by atoms with Crippen LogP contribution < -0.4 is 18.9 Å². The Hall–Kier alpha value is -2.95. The number of fused-ring (bicyclic) bond motifs is 1. The van der Waals surface area contributed by atoms with E-state index >= 15 is 0 Å². The molecule has 0 spiro atoms. The molecule has 0 bridgehead atoms. The van der Waals surface area contributed by atoms with Crippen LogP contribution in [-0.4, -0.2) is 27.1 Å². The number of carbonyl (C=O) groups is 1. The number of Topliss-reactive ketones (excluding diaryl/α,β-unsaturated/α-hetero) is 1. The highest BCUT2D eigenvalue weighted by Gasteiger charge is 2.27. The molecule has 0 aliphatic carbocycles. The molecule has 0 saturated carbocycles. The zero-order valence-corrected chi connectivity index (χ0v) is 13.1. The Labute approximate surface area is 134 Å². The molecule has 5 heteroatoms. The van der Waals surface area contributed by atoms with Crippen LogP contribution in [-0.2, 0) is 0 Å². The van der Waals surface area contributed by atoms with Gasteiger partial charge in [-0.15, -0.1) is 0 Å². The molecule has 23 heavy (non-hydrogen) atoms. The average Bonchev–Trinajstić information content (AvgIpc) is 2.90. The molecule has 0 aromatic heterocycles. The van der Waals surface area contributed by atoms with Crippen molar-refractivity contribution >= 4 is 11.9 Å². The van der Waals surface area contributed by atoms with Crippen molar-refractivity contribution in [1.29, 1.82) is 0 Å². The lowest BCUT2D eigenvalue weighted by Gasteiger charge is -2.12. The third-order valence-corrected chi connectivity index (χ3v) is 3.60. The van der Waals surface area contributed by atoms with Gasteiger partial charge in [-0.05, 0) is 24.3 Å². The third kappa shape index (κ3) is 2.61. The second-order valence-corrected chi connectivity index (χ2v) is 4.89. The summed E-state index contributed by atoms with van der Waals surface area (Å²) in [5.74, 6) is 2.30. The average molecular weight is 312 g/mol. The summed E-state index contributed by atoms with van der Waals surface area (Å²) >= 11 is 0. The maximum absolute atomic E-state index is 12.4. The van der Waals surface area contributed by atoms with Gasteiger partial charge < -0.3 is 18.9 Å². The summed E-state index contributed by atoms with van der Waals surface area (Å²) in [5, 5.41) is 0. The summed E-state index contributed by atoms with van der Waals surface area (Å²) in [6, 6.07) is 10.6. The molecular weight excluding hydrogens is 296 g/mol. The lowest BCUT2D eigenvalue weighted by molar-refractivity contribution is 0.101. The van der Waals surface area contributed by atoms with Crippen LogP contribution in [0.25, 0.3) is 6.08 Å². The van der Waals surface area contributed by atoms with Crippen LogP contribution in [0.5, 0.6) is 23.0 Å². The van der Waals surface area contributed by atoms with E-state index in [9.17, 15) is 4.79 Å². The van der Waals surface area contributed by atoms with E-state index in [-0.39, 0.29) is 11.5 Å². The fraction of sp³-hybridized carbons (Fsp3) is 0.167. The van der Waals surface area contributed by atoms with Crippen molar-refractivity contribution in [2.45, 2.75) is 0 Å². The minimum Gasteiger partial charge on any atom is -0.496 e. The van der Waals surface area contributed by atoms with E-state index in [1.807, 2.05) is 6.07 Å². The Kier molecular flexibility index (Phi) is 3.93. The molecule has 0 saturated heterocycles. The molecule has 0 unspecified atom stereocenters. The maximum atomic E-state index is 12.4. The van der Waals surface area contributed by atoms with E-state index in [0.29, 0.717) is 34.1 Å². The van der Waals surface area contributed by atoms with Crippen molar-refractivity contribution in [2.75, 3.05) is 21.3 Å². The molecular formula is C18H16O5. The number of para-hydroxylation sites is 1. The fourth-order valence-corrected chi connectivity index (χ4v) is 2.44. The smallest absolute Gasteiger partial charge is 0.231 e. The molecule has 118 valence electrons. The molecule has 0 N–H and O–H groups in total. The van der Waals surface area contributed by atoms with Crippen molar-refractivity contribution in [3.05, 3.63) is 53.3 Å². The van der Waals surface area contributed by atoms with Crippen LogP contribution in [0.15, 0.2) is 42.2 Å². The second kappa shape index (κ2) is 6.04. The van der Waals surface area contributed by atoms with Crippen LogP contribution in [0, 0.1) is 0 Å². The number of ether oxygens (including phenoxy) is 4. The number of ketones is 1. The summed E-state index contributed by atoms with van der Waals surface area (Å²) in [6.07, 6.45) is 1.64. The van der Waals surface area contributed by atoms with Gasteiger partial charge in [-0.2, -0.15) is 0 Å². The highest BCUT2D eigenvalue weighted by Crippen LogP contribution is 2.37. The van der Waals surface area contributed by atoms with Crippen molar-refractivity contribution in [3.63, 3.8) is 0 Å². The van der Waals surface area contributed by atoms with E-state index in [0.717, 1.165) is 0 Å². The van der Waals surface area contributed by atoms with Gasteiger partial charge in [0.05, 0.1) is 26.9 Å². The zero-order chi connectivity index (χ0) is 16.4. The van der Waals surface area contributed by atoms with Gasteiger partial charge in [-0.25, -0.2) is 0 Å². The largest absolute Gasteiger partial charge is 0.496 e. The molecule has 1 aliphatic heterocycles. The number of rotatable bonds is 4. The van der Waals surface area contributed by atoms with Gasteiger partial charge in [-0.1, -0.05) is 12.1 Å². The van der Waals surface area contributed by atoms with Gasteiger partial charge >= 0.3 is 0 Å². The Morgan fingerprint density at radius 1 is 0.913 bits per heavy atom. The monoisotopic (exact) mass is 312 g/mol. The van der Waals surface area contributed by atoms with Gasteiger partial charge in [-0.3, -0.25) is 4.79 Å². The van der Waals surface area contributed by atoms with Gasteiger partial charge in [0.2, 0.25) is 5.78 Å². The molecule has 2 aromatic carbocycles. The molecule has 0 fully saturated rings. The van der Waals surface area contributed by atoms with Crippen LogP contribution in [0.1, 0.15) is 15.9 Å². The van der Waals surface area contributed by atoms with Crippen molar-refractivity contribution in [3.8, 4) is 23.0 Å². The minimum atomic E-state index is -0.155.